The minimum Gasteiger partial charge on any atom is -0.268 e. The third-order valence-electron chi connectivity index (χ3n) is 1.32. The van der Waals surface area contributed by atoms with Crippen LogP contribution in [0.2, 0.25) is 5.15 Å². The molecule has 0 N–H and O–H groups in total. The van der Waals surface area contributed by atoms with Gasteiger partial charge in [-0.25, -0.2) is 4.98 Å². The highest BCUT2D eigenvalue weighted by Crippen LogP contribution is 2.08. The highest BCUT2D eigenvalue weighted by molar-refractivity contribution is 6.69. The summed E-state index contributed by atoms with van der Waals surface area (Å²) in [6.07, 6.45) is 3.25. The second kappa shape index (κ2) is 5.00. The lowest BCUT2D eigenvalue weighted by Crippen LogP contribution is -1.93. The van der Waals surface area contributed by atoms with Gasteiger partial charge in [0.2, 0.25) is 0 Å². The summed E-state index contributed by atoms with van der Waals surface area (Å²) in [5.74, 6) is 0. The van der Waals surface area contributed by atoms with Gasteiger partial charge < -0.3 is 0 Å². The second-order valence-electron chi connectivity index (χ2n) is 2.29. The van der Waals surface area contributed by atoms with Crippen molar-refractivity contribution in [3.63, 3.8) is 0 Å². The molecule has 0 amide bonds. The summed E-state index contributed by atoms with van der Waals surface area (Å²) in [5.41, 5.74) is 0.757. The van der Waals surface area contributed by atoms with Crippen molar-refractivity contribution in [3.05, 3.63) is 41.7 Å². The third kappa shape index (κ3) is 3.17. The molecule has 0 aliphatic rings. The summed E-state index contributed by atoms with van der Waals surface area (Å²) in [6.45, 7) is 4.04. The Balaban J connectivity index is 2.82. The van der Waals surface area contributed by atoms with E-state index in [1.807, 2.05) is 0 Å². The highest BCUT2D eigenvalue weighted by atomic mass is 35.5. The molecule has 0 fully saturated rings. The second-order valence-corrected chi connectivity index (χ2v) is 3.04. The molecule has 0 bridgehead atoms. The van der Waals surface area contributed by atoms with E-state index in [-0.39, 0.29) is 0 Å². The number of aromatic nitrogens is 1. The van der Waals surface area contributed by atoms with E-state index in [1.165, 1.54) is 0 Å². The van der Waals surface area contributed by atoms with Gasteiger partial charge >= 0.3 is 0 Å². The molecule has 0 unspecified atom stereocenters. The topological polar surface area (TPSA) is 25.2 Å². The lowest BCUT2D eigenvalue weighted by atomic mass is 10.3. The van der Waals surface area contributed by atoms with Crippen LogP contribution in [-0.2, 0) is 0 Å². The Labute approximate surface area is 86.9 Å². The molecule has 0 aliphatic carbocycles. The predicted octanol–water partition coefficient (Wildman–Crippen LogP) is 2.91. The van der Waals surface area contributed by atoms with Crippen molar-refractivity contribution >= 4 is 28.4 Å². The molecule has 68 valence electrons. The summed E-state index contributed by atoms with van der Waals surface area (Å²) < 4.78 is 0. The maximum Gasteiger partial charge on any atom is 0.132 e. The van der Waals surface area contributed by atoms with Crippen molar-refractivity contribution in [3.8, 4) is 0 Å². The first-order chi connectivity index (χ1) is 6.24. The van der Waals surface area contributed by atoms with E-state index in [9.17, 15) is 0 Å². The first-order valence-corrected chi connectivity index (χ1v) is 4.42. The van der Waals surface area contributed by atoms with Gasteiger partial charge in [0.1, 0.15) is 10.3 Å². The average Bonchev–Trinajstić information content (AvgIpc) is 2.15. The van der Waals surface area contributed by atoms with E-state index in [4.69, 9.17) is 23.2 Å². The molecule has 0 saturated carbocycles. The molecule has 1 aromatic rings. The van der Waals surface area contributed by atoms with Crippen LogP contribution >= 0.6 is 23.2 Å². The maximum atomic E-state index is 5.86. The van der Waals surface area contributed by atoms with E-state index in [0.29, 0.717) is 16.9 Å². The fourth-order valence-corrected chi connectivity index (χ4v) is 1.03. The SMILES string of the molecule is C=CCN=C(Cl)c1ccc(Cl)nc1. The average molecular weight is 215 g/mol. The zero-order chi connectivity index (χ0) is 9.68. The van der Waals surface area contributed by atoms with Crippen LogP contribution in [0.25, 0.3) is 0 Å². The number of halogens is 2. The quantitative estimate of drug-likeness (QED) is 0.432. The number of pyridine rings is 1. The molecule has 1 heterocycles. The van der Waals surface area contributed by atoms with Gasteiger partial charge in [0.05, 0.1) is 6.54 Å². The van der Waals surface area contributed by atoms with Crippen LogP contribution < -0.4 is 0 Å². The number of hydrogen-bond donors (Lipinski definition) is 0. The Morgan fingerprint density at radius 2 is 2.38 bits per heavy atom. The zero-order valence-electron chi connectivity index (χ0n) is 6.87. The van der Waals surface area contributed by atoms with Gasteiger partial charge in [0, 0.05) is 11.8 Å². The van der Waals surface area contributed by atoms with Crippen molar-refractivity contribution in [1.82, 2.24) is 4.98 Å². The largest absolute Gasteiger partial charge is 0.268 e. The van der Waals surface area contributed by atoms with Crippen molar-refractivity contribution in [2.45, 2.75) is 0 Å². The van der Waals surface area contributed by atoms with Gasteiger partial charge in [-0.15, -0.1) is 6.58 Å². The van der Waals surface area contributed by atoms with E-state index in [2.05, 4.69) is 16.6 Å². The summed E-state index contributed by atoms with van der Waals surface area (Å²) in [5, 5.41) is 0.862. The summed E-state index contributed by atoms with van der Waals surface area (Å²) >= 11 is 11.5. The van der Waals surface area contributed by atoms with Crippen LogP contribution in [0.3, 0.4) is 0 Å². The molecule has 0 aromatic carbocycles. The molecule has 2 nitrogen and oxygen atoms in total. The van der Waals surface area contributed by atoms with Gasteiger partial charge in [-0.2, -0.15) is 0 Å². The number of hydrogen-bond acceptors (Lipinski definition) is 2. The van der Waals surface area contributed by atoms with Crippen LogP contribution in [0, 0.1) is 0 Å². The molecule has 13 heavy (non-hydrogen) atoms. The van der Waals surface area contributed by atoms with Crippen molar-refractivity contribution in [2.24, 2.45) is 4.99 Å². The van der Waals surface area contributed by atoms with Gasteiger partial charge in [-0.05, 0) is 12.1 Å². The molecule has 0 aliphatic heterocycles. The molecule has 4 heteroatoms. The van der Waals surface area contributed by atoms with Gasteiger partial charge in [0.25, 0.3) is 0 Å². The van der Waals surface area contributed by atoms with Crippen LogP contribution in [0.15, 0.2) is 36.0 Å². The molecule has 1 aromatic heterocycles. The Morgan fingerprint density at radius 3 is 2.92 bits per heavy atom. The minimum atomic E-state index is 0.420. The Kier molecular flexibility index (Phi) is 3.93. The third-order valence-corrected chi connectivity index (χ3v) is 1.89. The summed E-state index contributed by atoms with van der Waals surface area (Å²) in [4.78, 5) is 7.91. The van der Waals surface area contributed by atoms with Crippen LogP contribution in [0.5, 0.6) is 0 Å². The number of rotatable bonds is 3. The predicted molar refractivity (Wildman–Crippen MR) is 56.7 cm³/mol. The number of nitrogens with zero attached hydrogens (tertiary/aromatic N) is 2. The minimum absolute atomic E-state index is 0.420. The lowest BCUT2D eigenvalue weighted by Gasteiger charge is -1.96. The van der Waals surface area contributed by atoms with Crippen molar-refractivity contribution in [2.75, 3.05) is 6.54 Å². The monoisotopic (exact) mass is 214 g/mol. The Morgan fingerprint density at radius 1 is 1.62 bits per heavy atom. The van der Waals surface area contributed by atoms with E-state index < -0.39 is 0 Å². The molecule has 0 spiro atoms. The van der Waals surface area contributed by atoms with E-state index in [0.717, 1.165) is 5.56 Å². The summed E-state index contributed by atoms with van der Waals surface area (Å²) in [7, 11) is 0. The van der Waals surface area contributed by atoms with Crippen molar-refractivity contribution < 1.29 is 0 Å². The van der Waals surface area contributed by atoms with Crippen LogP contribution in [0.1, 0.15) is 5.56 Å². The smallest absolute Gasteiger partial charge is 0.132 e. The van der Waals surface area contributed by atoms with Gasteiger partial charge in [0.15, 0.2) is 0 Å². The molecule has 0 saturated heterocycles. The van der Waals surface area contributed by atoms with E-state index in [1.54, 1.807) is 24.4 Å². The van der Waals surface area contributed by atoms with Crippen LogP contribution in [0.4, 0.5) is 0 Å². The fourth-order valence-electron chi connectivity index (χ4n) is 0.734. The van der Waals surface area contributed by atoms with Crippen LogP contribution in [-0.4, -0.2) is 16.7 Å². The normalized spacial score (nSPS) is 11.4. The maximum absolute atomic E-state index is 5.86. The molecule has 1 rings (SSSR count). The number of aliphatic imine (C=N–C) groups is 1. The highest BCUT2D eigenvalue weighted by Gasteiger charge is 1.98. The standard InChI is InChI=1S/C9H8Cl2N2/c1-2-5-12-9(11)7-3-4-8(10)13-6-7/h2-4,6H,1,5H2. The van der Waals surface area contributed by atoms with Gasteiger partial charge in [-0.1, -0.05) is 29.3 Å². The van der Waals surface area contributed by atoms with E-state index >= 15 is 0 Å². The summed E-state index contributed by atoms with van der Waals surface area (Å²) in [6, 6.07) is 3.44. The van der Waals surface area contributed by atoms with Crippen molar-refractivity contribution in [1.29, 1.82) is 0 Å². The first kappa shape index (κ1) is 10.2. The molecule has 0 atom stereocenters. The van der Waals surface area contributed by atoms with Gasteiger partial charge in [-0.3, -0.25) is 4.99 Å². The zero-order valence-corrected chi connectivity index (χ0v) is 8.39. The Bertz CT molecular complexity index is 317. The fraction of sp³-hybridized carbons (Fsp3) is 0.111. The molecular formula is C9H8Cl2N2. The molecule has 0 radical (unpaired) electrons. The Hall–Kier alpha value is -0.860. The first-order valence-electron chi connectivity index (χ1n) is 3.67. The lowest BCUT2D eigenvalue weighted by molar-refractivity contribution is 1.25. The molecular weight excluding hydrogens is 207 g/mol.